The third-order valence-corrected chi connectivity index (χ3v) is 5.85. The molecule has 1 N–H and O–H groups in total. The molecule has 0 bridgehead atoms. The summed E-state index contributed by atoms with van der Waals surface area (Å²) in [7, 11) is 0. The predicted octanol–water partition coefficient (Wildman–Crippen LogP) is 3.33. The maximum absolute atomic E-state index is 12.7. The van der Waals surface area contributed by atoms with Crippen LogP contribution < -0.4 is 5.32 Å². The molecule has 0 spiro atoms. The zero-order chi connectivity index (χ0) is 20.9. The lowest BCUT2D eigenvalue weighted by atomic mass is 10.1. The minimum Gasteiger partial charge on any atom is -0.356 e. The molecule has 2 aromatic heterocycles. The fourth-order valence-corrected chi connectivity index (χ4v) is 4.09. The van der Waals surface area contributed by atoms with Crippen LogP contribution >= 0.6 is 11.8 Å². The van der Waals surface area contributed by atoms with E-state index in [1.54, 1.807) is 12.4 Å². The second-order valence-electron chi connectivity index (χ2n) is 7.28. The predicted molar refractivity (Wildman–Crippen MR) is 115 cm³/mol. The number of pyridine rings is 1. The highest BCUT2D eigenvalue weighted by Gasteiger charge is 2.30. The molecule has 0 atom stereocenters. The highest BCUT2D eigenvalue weighted by molar-refractivity contribution is 7.99. The number of thioether (sulfide) groups is 1. The molecule has 1 fully saturated rings. The van der Waals surface area contributed by atoms with E-state index in [-0.39, 0.29) is 11.7 Å². The van der Waals surface area contributed by atoms with Gasteiger partial charge in [-0.1, -0.05) is 36.0 Å². The zero-order valence-corrected chi connectivity index (χ0v) is 17.6. The summed E-state index contributed by atoms with van der Waals surface area (Å²) in [4.78, 5) is 27.7. The van der Waals surface area contributed by atoms with Crippen LogP contribution in [-0.4, -0.2) is 43.7 Å². The number of nitrogens with zero attached hydrogens (tertiary/aromatic N) is 4. The third kappa shape index (κ3) is 4.94. The van der Waals surface area contributed by atoms with Crippen molar-refractivity contribution in [1.82, 2.24) is 25.1 Å². The summed E-state index contributed by atoms with van der Waals surface area (Å²) in [6.07, 6.45) is 6.45. The summed E-state index contributed by atoms with van der Waals surface area (Å²) in [5, 5.41) is 12.3. The summed E-state index contributed by atoms with van der Waals surface area (Å²) in [6, 6.07) is 11.8. The second kappa shape index (κ2) is 9.21. The van der Waals surface area contributed by atoms with E-state index in [4.69, 9.17) is 0 Å². The van der Waals surface area contributed by atoms with Crippen molar-refractivity contribution in [1.29, 1.82) is 0 Å². The van der Waals surface area contributed by atoms with Crippen molar-refractivity contribution in [2.24, 2.45) is 0 Å². The van der Waals surface area contributed by atoms with Gasteiger partial charge in [0.1, 0.15) is 0 Å². The lowest BCUT2D eigenvalue weighted by Gasteiger charge is -2.08. The van der Waals surface area contributed by atoms with E-state index in [1.165, 1.54) is 18.7 Å². The molecule has 30 heavy (non-hydrogen) atoms. The van der Waals surface area contributed by atoms with Gasteiger partial charge in [0.15, 0.2) is 16.8 Å². The smallest absolute Gasteiger partial charge is 0.216 e. The molecule has 1 saturated carbocycles. The quantitative estimate of drug-likeness (QED) is 0.421. The summed E-state index contributed by atoms with van der Waals surface area (Å²) in [5.41, 5.74) is 2.75. The highest BCUT2D eigenvalue weighted by Crippen LogP contribution is 2.41. The van der Waals surface area contributed by atoms with Gasteiger partial charge < -0.3 is 5.32 Å². The maximum atomic E-state index is 12.7. The van der Waals surface area contributed by atoms with E-state index < -0.39 is 0 Å². The van der Waals surface area contributed by atoms with E-state index >= 15 is 0 Å². The van der Waals surface area contributed by atoms with Crippen LogP contribution in [0.1, 0.15) is 41.7 Å². The average Bonchev–Trinajstić information content (AvgIpc) is 3.51. The Morgan fingerprint density at radius 1 is 1.10 bits per heavy atom. The first-order chi connectivity index (χ1) is 14.6. The van der Waals surface area contributed by atoms with Gasteiger partial charge in [0.25, 0.3) is 0 Å². The third-order valence-electron chi connectivity index (χ3n) is 4.91. The van der Waals surface area contributed by atoms with Gasteiger partial charge in [-0.05, 0) is 37.0 Å². The normalized spacial score (nSPS) is 13.2. The van der Waals surface area contributed by atoms with Gasteiger partial charge in [0.2, 0.25) is 5.91 Å². The van der Waals surface area contributed by atoms with Crippen molar-refractivity contribution < 1.29 is 9.59 Å². The minimum atomic E-state index is -0.0371. The topological polar surface area (TPSA) is 89.8 Å². The number of hydrogen-bond donors (Lipinski definition) is 1. The van der Waals surface area contributed by atoms with Crippen molar-refractivity contribution in [2.75, 3.05) is 12.3 Å². The molecule has 7 nitrogen and oxygen atoms in total. The van der Waals surface area contributed by atoms with Crippen LogP contribution in [0.4, 0.5) is 0 Å². The van der Waals surface area contributed by atoms with E-state index in [1.807, 2.05) is 36.4 Å². The zero-order valence-electron chi connectivity index (χ0n) is 16.7. The van der Waals surface area contributed by atoms with Gasteiger partial charge in [-0.25, -0.2) is 0 Å². The summed E-state index contributed by atoms with van der Waals surface area (Å²) < 4.78 is 2.15. The van der Waals surface area contributed by atoms with Crippen molar-refractivity contribution >= 4 is 23.5 Å². The molecule has 3 aromatic rings. The number of hydrogen-bond acceptors (Lipinski definition) is 6. The van der Waals surface area contributed by atoms with E-state index in [2.05, 4.69) is 25.1 Å². The van der Waals surface area contributed by atoms with Crippen LogP contribution in [0.15, 0.2) is 53.9 Å². The fraction of sp³-hybridized carbons (Fsp3) is 0.318. The Bertz CT molecular complexity index is 1030. The molecule has 8 heteroatoms. The van der Waals surface area contributed by atoms with Gasteiger partial charge in [-0.15, -0.1) is 10.2 Å². The van der Waals surface area contributed by atoms with Crippen molar-refractivity contribution in [2.45, 2.75) is 37.4 Å². The first-order valence-corrected chi connectivity index (χ1v) is 10.9. The molecule has 1 aromatic carbocycles. The monoisotopic (exact) mass is 421 g/mol. The number of rotatable bonds is 9. The number of carbonyl (C=O) groups excluding carboxylic acids is 2. The molecule has 1 aliphatic carbocycles. The van der Waals surface area contributed by atoms with Crippen LogP contribution in [0.25, 0.3) is 11.4 Å². The van der Waals surface area contributed by atoms with Gasteiger partial charge in [-0.2, -0.15) is 0 Å². The Labute approximate surface area is 179 Å². The Balaban J connectivity index is 1.39. The first-order valence-electron chi connectivity index (χ1n) is 9.96. The molecule has 154 valence electrons. The number of amides is 1. The Hall–Kier alpha value is -3.00. The second-order valence-corrected chi connectivity index (χ2v) is 8.23. The van der Waals surface area contributed by atoms with Crippen molar-refractivity contribution in [3.63, 3.8) is 0 Å². The number of ketones is 1. The standard InChI is InChI=1S/C22H23N5O2S/c1-15(28)24-13-8-16-2-4-17(5-3-16)20(29)14-30-22-26-25-21(27(22)19-6-7-19)18-9-11-23-12-10-18/h2-5,9-12,19H,6-8,13-14H2,1H3,(H,24,28). The summed E-state index contributed by atoms with van der Waals surface area (Å²) >= 11 is 1.43. The van der Waals surface area contributed by atoms with E-state index in [0.717, 1.165) is 41.4 Å². The molecule has 0 unspecified atom stereocenters. The summed E-state index contributed by atoms with van der Waals surface area (Å²) in [5.74, 6) is 1.17. The molecule has 0 aliphatic heterocycles. The van der Waals surface area contributed by atoms with Crippen LogP contribution in [-0.2, 0) is 11.2 Å². The molecular formula is C22H23N5O2S. The van der Waals surface area contributed by atoms with E-state index in [0.29, 0.717) is 23.9 Å². The van der Waals surface area contributed by atoms with Gasteiger partial charge in [-0.3, -0.25) is 19.1 Å². The van der Waals surface area contributed by atoms with Crippen LogP contribution in [0.5, 0.6) is 0 Å². The van der Waals surface area contributed by atoms with E-state index in [9.17, 15) is 9.59 Å². The fourth-order valence-electron chi connectivity index (χ4n) is 3.19. The lowest BCUT2D eigenvalue weighted by molar-refractivity contribution is -0.118. The summed E-state index contributed by atoms with van der Waals surface area (Å²) in [6.45, 7) is 2.10. The SMILES string of the molecule is CC(=O)NCCc1ccc(C(=O)CSc2nnc(-c3ccncc3)n2C2CC2)cc1. The molecule has 1 amide bonds. The Kier molecular flexibility index (Phi) is 6.23. The highest BCUT2D eigenvalue weighted by atomic mass is 32.2. The van der Waals surface area contributed by atoms with Crippen LogP contribution in [0, 0.1) is 0 Å². The van der Waals surface area contributed by atoms with Crippen LogP contribution in [0.2, 0.25) is 0 Å². The number of Topliss-reactive ketones (excluding diaryl/α,β-unsaturated/α-hetero) is 1. The largest absolute Gasteiger partial charge is 0.356 e. The average molecular weight is 422 g/mol. The number of benzene rings is 1. The van der Waals surface area contributed by atoms with Crippen molar-refractivity contribution in [3.05, 3.63) is 59.9 Å². The van der Waals surface area contributed by atoms with Gasteiger partial charge >= 0.3 is 0 Å². The minimum absolute atomic E-state index is 0.0371. The molecule has 1 aliphatic rings. The Morgan fingerprint density at radius 2 is 1.83 bits per heavy atom. The Morgan fingerprint density at radius 3 is 2.50 bits per heavy atom. The molecule has 0 saturated heterocycles. The van der Waals surface area contributed by atoms with Gasteiger partial charge in [0.05, 0.1) is 5.75 Å². The number of aromatic nitrogens is 4. The molecular weight excluding hydrogens is 398 g/mol. The maximum Gasteiger partial charge on any atom is 0.216 e. The molecule has 2 heterocycles. The molecule has 0 radical (unpaired) electrons. The lowest BCUT2D eigenvalue weighted by Crippen LogP contribution is -2.22. The first kappa shape index (κ1) is 20.3. The van der Waals surface area contributed by atoms with Crippen LogP contribution in [0.3, 0.4) is 0 Å². The molecule has 4 rings (SSSR count). The number of nitrogens with one attached hydrogen (secondary N) is 1. The van der Waals surface area contributed by atoms with Gasteiger partial charge in [0, 0.05) is 43.0 Å². The number of carbonyl (C=O) groups is 2. The van der Waals surface area contributed by atoms with Crippen molar-refractivity contribution in [3.8, 4) is 11.4 Å².